The van der Waals surface area contributed by atoms with Gasteiger partial charge in [-0.05, 0) is 77.0 Å². The third kappa shape index (κ3) is 45.1. The number of likely N-dealkylation sites (N-methyl/N-ethyl adjacent to an activating group) is 1. The van der Waals surface area contributed by atoms with E-state index < -0.39 is 26.5 Å². The van der Waals surface area contributed by atoms with Gasteiger partial charge >= 0.3 is 19.8 Å². The van der Waals surface area contributed by atoms with Gasteiger partial charge in [0.25, 0.3) is 0 Å². The van der Waals surface area contributed by atoms with Crippen LogP contribution in [0.3, 0.4) is 0 Å². The number of nitrogens with zero attached hydrogens (tertiary/aromatic N) is 1. The fourth-order valence-corrected chi connectivity index (χ4v) is 6.86. The van der Waals surface area contributed by atoms with Crippen molar-refractivity contribution < 1.29 is 42.1 Å². The lowest BCUT2D eigenvalue weighted by Crippen LogP contribution is -2.37. The van der Waals surface area contributed by atoms with E-state index in [0.717, 1.165) is 83.5 Å². The minimum absolute atomic E-state index is 0.0258. The summed E-state index contributed by atoms with van der Waals surface area (Å²) in [6, 6.07) is 0. The summed E-state index contributed by atoms with van der Waals surface area (Å²) in [5, 5.41) is 0. The van der Waals surface area contributed by atoms with Crippen LogP contribution in [-0.4, -0.2) is 74.9 Å². The van der Waals surface area contributed by atoms with Gasteiger partial charge in [-0.15, -0.1) is 0 Å². The second-order valence-electron chi connectivity index (χ2n) is 16.8. The molecule has 342 valence electrons. The maximum absolute atomic E-state index is 12.7. The summed E-state index contributed by atoms with van der Waals surface area (Å²) in [4.78, 5) is 35.5. The van der Waals surface area contributed by atoms with Crippen molar-refractivity contribution in [3.8, 4) is 0 Å². The number of ether oxygens (including phenoxy) is 2. The van der Waals surface area contributed by atoms with Gasteiger partial charge in [0, 0.05) is 12.8 Å². The van der Waals surface area contributed by atoms with Gasteiger partial charge in [0.05, 0.1) is 27.7 Å². The number of carbonyl (C=O) groups excluding carboxylic acids is 2. The summed E-state index contributed by atoms with van der Waals surface area (Å²) in [6.45, 7) is 4.27. The van der Waals surface area contributed by atoms with Gasteiger partial charge in [-0.2, -0.15) is 0 Å². The van der Waals surface area contributed by atoms with Crippen molar-refractivity contribution in [1.29, 1.82) is 0 Å². The first-order chi connectivity index (χ1) is 28.5. The Kier molecular flexibility index (Phi) is 39.5. The van der Waals surface area contributed by atoms with Gasteiger partial charge in [0.15, 0.2) is 6.10 Å². The number of esters is 2. The van der Waals surface area contributed by atoms with E-state index in [1.54, 1.807) is 0 Å². The topological polar surface area (TPSA) is 108 Å². The number of quaternary nitrogens is 1. The summed E-state index contributed by atoms with van der Waals surface area (Å²) >= 11 is 0. The lowest BCUT2D eigenvalue weighted by Gasteiger charge is -2.24. The van der Waals surface area contributed by atoms with Crippen LogP contribution in [0, 0.1) is 0 Å². The molecule has 1 N–H and O–H groups in total. The van der Waals surface area contributed by atoms with Crippen LogP contribution in [0.4, 0.5) is 0 Å². The Balaban J connectivity index is 4.35. The molecule has 59 heavy (non-hydrogen) atoms. The molecule has 2 atom stereocenters. The van der Waals surface area contributed by atoms with Gasteiger partial charge in [-0.3, -0.25) is 18.6 Å². The first kappa shape index (κ1) is 56.7. The molecule has 0 amide bonds. The van der Waals surface area contributed by atoms with Crippen LogP contribution in [0.15, 0.2) is 60.8 Å². The highest BCUT2D eigenvalue weighted by molar-refractivity contribution is 7.47. The molecule has 0 aromatic heterocycles. The fourth-order valence-electron chi connectivity index (χ4n) is 6.12. The average molecular weight is 851 g/mol. The fraction of sp³-hybridized carbons (Fsp3) is 0.755. The summed E-state index contributed by atoms with van der Waals surface area (Å²) in [7, 11) is 1.46. The molecule has 0 aliphatic rings. The quantitative estimate of drug-likeness (QED) is 0.0213. The molecule has 0 aromatic rings. The zero-order valence-corrected chi connectivity index (χ0v) is 39.4. The molecule has 0 aromatic carbocycles. The molecule has 10 heteroatoms. The van der Waals surface area contributed by atoms with E-state index in [0.29, 0.717) is 17.4 Å². The largest absolute Gasteiger partial charge is 0.472 e. The molecule has 0 heterocycles. The van der Waals surface area contributed by atoms with E-state index >= 15 is 0 Å². The maximum atomic E-state index is 12.7. The average Bonchev–Trinajstić information content (AvgIpc) is 3.19. The minimum Gasteiger partial charge on any atom is -0.462 e. The standard InChI is InChI=1S/C49H88NO8P/c1-6-8-10-12-14-16-18-20-22-24-26-27-29-31-33-35-37-39-41-48(51)55-45-47(46-57-59(53,54)56-44-43-50(3,4)5)58-49(52)42-40-38-36-34-32-30-28-25-23-21-19-17-15-13-11-9-7-2/h9,11,15-18,21-24,47H,6-8,10,12-14,19-20,25-46H2,1-5H3/p+1/b11-9-,17-15-,18-16-,23-21-,24-22-. The Morgan fingerprint density at radius 1 is 0.542 bits per heavy atom. The van der Waals surface area contributed by atoms with Crippen molar-refractivity contribution in [3.05, 3.63) is 60.8 Å². The smallest absolute Gasteiger partial charge is 0.462 e. The number of phosphoric ester groups is 1. The monoisotopic (exact) mass is 851 g/mol. The van der Waals surface area contributed by atoms with E-state index in [4.69, 9.17) is 18.5 Å². The number of hydrogen-bond donors (Lipinski definition) is 1. The van der Waals surface area contributed by atoms with Crippen LogP contribution in [0.1, 0.15) is 187 Å². The highest BCUT2D eigenvalue weighted by Crippen LogP contribution is 2.43. The molecule has 0 saturated carbocycles. The minimum atomic E-state index is -4.38. The van der Waals surface area contributed by atoms with Crippen molar-refractivity contribution in [2.75, 3.05) is 47.5 Å². The lowest BCUT2D eigenvalue weighted by molar-refractivity contribution is -0.870. The summed E-state index contributed by atoms with van der Waals surface area (Å²) in [5.41, 5.74) is 0. The van der Waals surface area contributed by atoms with E-state index in [1.165, 1.54) is 70.6 Å². The van der Waals surface area contributed by atoms with Gasteiger partial charge in [0.1, 0.15) is 19.8 Å². The van der Waals surface area contributed by atoms with E-state index in [2.05, 4.69) is 74.6 Å². The summed E-state index contributed by atoms with van der Waals surface area (Å²) in [6.07, 6.45) is 49.7. The number of hydrogen-bond acceptors (Lipinski definition) is 7. The van der Waals surface area contributed by atoms with Gasteiger partial charge in [0.2, 0.25) is 0 Å². The first-order valence-electron chi connectivity index (χ1n) is 23.5. The Morgan fingerprint density at radius 2 is 0.966 bits per heavy atom. The molecule has 0 spiro atoms. The summed E-state index contributed by atoms with van der Waals surface area (Å²) < 4.78 is 34.4. The van der Waals surface area contributed by atoms with Gasteiger partial charge < -0.3 is 18.9 Å². The molecular formula is C49H89NO8P+. The normalized spacial score (nSPS) is 14.1. The molecule has 9 nitrogen and oxygen atoms in total. The Hall–Kier alpha value is -2.29. The molecule has 0 radical (unpaired) electrons. The Labute approximate surface area is 362 Å². The van der Waals surface area contributed by atoms with Crippen molar-refractivity contribution in [2.24, 2.45) is 0 Å². The third-order valence-corrected chi connectivity index (χ3v) is 10.8. The molecular weight excluding hydrogens is 762 g/mol. The SMILES string of the molecule is CC/C=C\C/C=C\C/C=C\CCCCCCCCCC(=O)OC(COC(=O)CCCCCCCCC/C=C\C/C=C\CCCCCC)COP(=O)(O)OCC[N+](C)(C)C. The predicted octanol–water partition coefficient (Wildman–Crippen LogP) is 13.6. The third-order valence-electron chi connectivity index (χ3n) is 9.78. The molecule has 0 saturated heterocycles. The zero-order chi connectivity index (χ0) is 43.6. The zero-order valence-electron chi connectivity index (χ0n) is 38.5. The second-order valence-corrected chi connectivity index (χ2v) is 18.2. The molecule has 0 rings (SSSR count). The Bertz CT molecular complexity index is 1190. The number of allylic oxidation sites excluding steroid dienone is 10. The van der Waals surface area contributed by atoms with E-state index in [-0.39, 0.29) is 32.0 Å². The van der Waals surface area contributed by atoms with Crippen LogP contribution in [0.2, 0.25) is 0 Å². The number of rotatable bonds is 42. The molecule has 0 aliphatic heterocycles. The maximum Gasteiger partial charge on any atom is 0.472 e. The van der Waals surface area contributed by atoms with Crippen LogP contribution in [-0.2, 0) is 32.7 Å². The molecule has 0 fully saturated rings. The number of unbranched alkanes of at least 4 members (excludes halogenated alkanes) is 18. The van der Waals surface area contributed by atoms with Crippen molar-refractivity contribution in [1.82, 2.24) is 0 Å². The molecule has 2 unspecified atom stereocenters. The van der Waals surface area contributed by atoms with Crippen LogP contribution >= 0.6 is 7.82 Å². The number of phosphoric acid groups is 1. The highest BCUT2D eigenvalue weighted by Gasteiger charge is 2.27. The summed E-state index contributed by atoms with van der Waals surface area (Å²) in [5.74, 6) is -0.821. The molecule has 0 aliphatic carbocycles. The highest BCUT2D eigenvalue weighted by atomic mass is 31.2. The van der Waals surface area contributed by atoms with E-state index in [1.807, 2.05) is 21.1 Å². The van der Waals surface area contributed by atoms with Crippen molar-refractivity contribution in [3.63, 3.8) is 0 Å². The lowest BCUT2D eigenvalue weighted by atomic mass is 10.1. The van der Waals surface area contributed by atoms with Crippen molar-refractivity contribution in [2.45, 2.75) is 193 Å². The van der Waals surface area contributed by atoms with Crippen molar-refractivity contribution >= 4 is 19.8 Å². The van der Waals surface area contributed by atoms with Gasteiger partial charge in [-0.25, -0.2) is 4.57 Å². The number of carbonyl (C=O) groups is 2. The van der Waals surface area contributed by atoms with Gasteiger partial charge in [-0.1, -0.05) is 158 Å². The second kappa shape index (κ2) is 41.1. The van der Waals surface area contributed by atoms with E-state index in [9.17, 15) is 19.0 Å². The van der Waals surface area contributed by atoms with Crippen LogP contribution < -0.4 is 0 Å². The van der Waals surface area contributed by atoms with Crippen LogP contribution in [0.5, 0.6) is 0 Å². The predicted molar refractivity (Wildman–Crippen MR) is 247 cm³/mol. The Morgan fingerprint density at radius 3 is 1.44 bits per heavy atom. The first-order valence-corrected chi connectivity index (χ1v) is 25.0. The molecule has 0 bridgehead atoms. The van der Waals surface area contributed by atoms with Crippen LogP contribution in [0.25, 0.3) is 0 Å².